The van der Waals surface area contributed by atoms with Crippen molar-refractivity contribution in [1.29, 1.82) is 0 Å². The third-order valence-electron chi connectivity index (χ3n) is 8.39. The maximum atomic E-state index is 17.3. The molecule has 2 unspecified atom stereocenters. The average Bonchev–Trinajstić information content (AvgIpc) is 3.81. The van der Waals surface area contributed by atoms with Gasteiger partial charge in [-0.25, -0.2) is 19.1 Å². The Labute approximate surface area is 345 Å². The van der Waals surface area contributed by atoms with Gasteiger partial charge in [-0.05, 0) is 65.8 Å². The summed E-state index contributed by atoms with van der Waals surface area (Å²) >= 11 is 0.861. The van der Waals surface area contributed by atoms with Gasteiger partial charge in [0, 0.05) is 0 Å². The van der Waals surface area contributed by atoms with E-state index in [1.807, 2.05) is 0 Å². The van der Waals surface area contributed by atoms with E-state index in [4.69, 9.17) is 38.0 Å². The highest BCUT2D eigenvalue weighted by molar-refractivity contribution is 7.52. The molecule has 6 rings (SSSR count). The molecule has 1 fully saturated rings. The molecule has 324 valence electrons. The second kappa shape index (κ2) is 18.1. The molecule has 2 aromatic carbocycles. The minimum absolute atomic E-state index is 0.0141. The van der Waals surface area contributed by atoms with Crippen LogP contribution >= 0.6 is 26.8 Å². The Bertz CT molecular complexity index is 2470. The lowest BCUT2D eigenvalue weighted by Gasteiger charge is -2.30. The number of hydrogen-bond acceptors (Lipinski definition) is 16. The number of para-hydroxylation sites is 2. The van der Waals surface area contributed by atoms with Gasteiger partial charge in [0.25, 0.3) is 5.56 Å². The average molecular weight is 898 g/mol. The number of H-pyrrole nitrogens is 1. The van der Waals surface area contributed by atoms with Crippen molar-refractivity contribution in [2.24, 2.45) is 0 Å². The largest absolute Gasteiger partial charge is 0.462 e. The second-order valence-corrected chi connectivity index (χ2v) is 18.4. The number of alkyl halides is 2. The van der Waals surface area contributed by atoms with Crippen molar-refractivity contribution in [2.45, 2.75) is 90.2 Å². The Kier molecular flexibility index (Phi) is 13.5. The Balaban J connectivity index is 1.41. The predicted octanol–water partition coefficient (Wildman–Crippen LogP) is 6.08. The molecule has 1 aliphatic heterocycles. The fraction of sp³-hybridized carbons (Fsp3) is 0.417. The first-order valence-electron chi connectivity index (χ1n) is 18.4. The summed E-state index contributed by atoms with van der Waals surface area (Å²) in [6.45, 7) is 7.93. The summed E-state index contributed by atoms with van der Waals surface area (Å²) < 4.78 is 104. The number of imidazole rings is 1. The van der Waals surface area contributed by atoms with E-state index in [1.165, 1.54) is 50.2 Å². The molecular weight excluding hydrogens is 854 g/mol. The number of esters is 2. The number of anilines is 1. The van der Waals surface area contributed by atoms with Crippen LogP contribution in [0.2, 0.25) is 0 Å². The van der Waals surface area contributed by atoms with E-state index in [2.05, 4.69) is 25.1 Å². The van der Waals surface area contributed by atoms with E-state index in [0.29, 0.717) is 0 Å². The smallest absolute Gasteiger partial charge is 0.460 e. The van der Waals surface area contributed by atoms with Crippen molar-refractivity contribution < 1.29 is 59.8 Å². The predicted molar refractivity (Wildman–Crippen MR) is 215 cm³/mol. The number of carbonyl (C=O) groups excluding carboxylic acids is 2. The molecule has 0 amide bonds. The van der Waals surface area contributed by atoms with Gasteiger partial charge in [0.1, 0.15) is 50.3 Å². The number of aromatic amines is 1. The number of nitrogens with two attached hydrogens (primary N) is 1. The number of nitrogens with one attached hydrogen (secondary N) is 3. The van der Waals surface area contributed by atoms with Crippen LogP contribution in [0.3, 0.4) is 0 Å². The lowest BCUT2D eigenvalue weighted by molar-refractivity contribution is -0.150. The highest BCUT2D eigenvalue weighted by Gasteiger charge is 2.64. The van der Waals surface area contributed by atoms with Crippen LogP contribution in [0, 0.1) is 0 Å². The van der Waals surface area contributed by atoms with E-state index in [9.17, 15) is 23.5 Å². The molecule has 5 aromatic rings. The summed E-state index contributed by atoms with van der Waals surface area (Å²) in [6.07, 6.45) is -7.03. The van der Waals surface area contributed by atoms with E-state index in [-0.39, 0.29) is 38.0 Å². The van der Waals surface area contributed by atoms with Gasteiger partial charge >= 0.3 is 33.4 Å². The molecule has 0 radical (unpaired) electrons. The lowest BCUT2D eigenvalue weighted by Crippen LogP contribution is -2.44. The number of fused-ring (bicyclic) bond motifs is 3. The summed E-state index contributed by atoms with van der Waals surface area (Å²) in [5.41, 5.74) is 5.06. The summed E-state index contributed by atoms with van der Waals surface area (Å²) in [6, 6.07) is 12.3. The zero-order valence-corrected chi connectivity index (χ0v) is 35.6. The third-order valence-corrected chi connectivity index (χ3v) is 12.8. The van der Waals surface area contributed by atoms with Crippen LogP contribution in [-0.2, 0) is 42.0 Å². The standard InChI is InChI=1S/C36H43F2N7O12P2S/c1-19(2)52-32(47)21(5)43-58(49,55-23-13-9-7-10-14-23)51-17-25-29(57-59(50,56-24-15-11-8-12-16-24)44-22(6)33(48)53-20(3)4)36(37,38)34(54-25)45-18-40-31-27(45)26-28(60-31)30(46)42-35(39)41-26/h7-16,18-22,25,29,34H,17H2,1-6H3,(H,43,49)(H,44,50)(H3,39,41,42,46)/t21-,22-,25+,29+,34+,58?,59?/m0/s1. The van der Waals surface area contributed by atoms with Crippen LogP contribution < -0.4 is 30.5 Å². The highest BCUT2D eigenvalue weighted by atomic mass is 32.1. The van der Waals surface area contributed by atoms with Crippen molar-refractivity contribution in [3.05, 3.63) is 77.3 Å². The molecule has 7 atom stereocenters. The zero-order chi connectivity index (χ0) is 43.6. The van der Waals surface area contributed by atoms with E-state index < -0.39 is 88.2 Å². The Hall–Kier alpha value is -4.79. The fourth-order valence-electron chi connectivity index (χ4n) is 5.86. The van der Waals surface area contributed by atoms with Gasteiger partial charge in [0.2, 0.25) is 12.2 Å². The van der Waals surface area contributed by atoms with Crippen LogP contribution in [0.1, 0.15) is 47.8 Å². The van der Waals surface area contributed by atoms with Crippen LogP contribution in [0.4, 0.5) is 14.7 Å². The van der Waals surface area contributed by atoms with Gasteiger partial charge < -0.3 is 29.0 Å². The van der Waals surface area contributed by atoms with E-state index in [1.54, 1.807) is 52.0 Å². The van der Waals surface area contributed by atoms with Crippen LogP contribution in [0.5, 0.6) is 11.5 Å². The Morgan fingerprint density at radius 2 is 1.45 bits per heavy atom. The van der Waals surface area contributed by atoms with Crippen molar-refractivity contribution in [3.8, 4) is 11.5 Å². The maximum absolute atomic E-state index is 17.3. The topological polar surface area (TPSA) is 247 Å². The van der Waals surface area contributed by atoms with Gasteiger partial charge in [-0.2, -0.15) is 19.0 Å². The summed E-state index contributed by atoms with van der Waals surface area (Å²) in [4.78, 5) is 49.2. The number of ether oxygens (including phenoxy) is 3. The number of nitrogens with zero attached hydrogens (tertiary/aromatic N) is 3. The Morgan fingerprint density at radius 1 is 0.917 bits per heavy atom. The monoisotopic (exact) mass is 897 g/mol. The fourth-order valence-corrected chi connectivity index (χ4v) is 10.0. The zero-order valence-electron chi connectivity index (χ0n) is 33.0. The van der Waals surface area contributed by atoms with Gasteiger partial charge in [-0.1, -0.05) is 36.4 Å². The van der Waals surface area contributed by atoms with Crippen molar-refractivity contribution >= 4 is 65.3 Å². The number of rotatable bonds is 18. The third kappa shape index (κ3) is 10.2. The van der Waals surface area contributed by atoms with Crippen LogP contribution in [0.15, 0.2) is 71.8 Å². The number of hydrogen-bond donors (Lipinski definition) is 4. The van der Waals surface area contributed by atoms with Crippen molar-refractivity contribution in [3.63, 3.8) is 0 Å². The summed E-state index contributed by atoms with van der Waals surface area (Å²) in [7, 11) is -9.77. The molecule has 1 aliphatic rings. The number of aromatic nitrogens is 4. The number of benzene rings is 2. The number of halogens is 2. The molecule has 0 saturated carbocycles. The number of nitrogen functional groups attached to an aromatic ring is 1. The minimum Gasteiger partial charge on any atom is -0.462 e. The molecule has 0 aliphatic carbocycles. The lowest BCUT2D eigenvalue weighted by atomic mass is 10.1. The van der Waals surface area contributed by atoms with Crippen LogP contribution in [-0.4, -0.2) is 80.5 Å². The van der Waals surface area contributed by atoms with Gasteiger partial charge in [-0.15, -0.1) is 11.3 Å². The first-order chi connectivity index (χ1) is 28.3. The van der Waals surface area contributed by atoms with Crippen molar-refractivity contribution in [2.75, 3.05) is 12.3 Å². The molecule has 0 bridgehead atoms. The molecule has 19 nitrogen and oxygen atoms in total. The van der Waals surface area contributed by atoms with Gasteiger partial charge in [0.15, 0.2) is 6.10 Å². The molecule has 1 saturated heterocycles. The summed E-state index contributed by atoms with van der Waals surface area (Å²) in [5.74, 6) is -6.31. The van der Waals surface area contributed by atoms with Crippen molar-refractivity contribution in [1.82, 2.24) is 29.7 Å². The molecule has 3 aromatic heterocycles. The molecule has 0 spiro atoms. The Morgan fingerprint density at radius 3 is 2.00 bits per heavy atom. The molecule has 5 N–H and O–H groups in total. The summed E-state index contributed by atoms with van der Waals surface area (Å²) in [5, 5.41) is 4.86. The van der Waals surface area contributed by atoms with E-state index in [0.717, 1.165) is 22.2 Å². The normalized spacial score (nSPS) is 20.7. The van der Waals surface area contributed by atoms with Crippen LogP contribution in [0.25, 0.3) is 20.6 Å². The molecule has 24 heteroatoms. The number of thiophene rings is 1. The quantitative estimate of drug-likeness (QED) is 0.0574. The first-order valence-corrected chi connectivity index (χ1v) is 22.3. The highest BCUT2D eigenvalue weighted by Crippen LogP contribution is 2.55. The first kappa shape index (κ1) is 44.8. The molecular formula is C36H43F2N7O12P2S. The SMILES string of the molecule is CC(C)OC(=O)[C@H](C)NP(=O)(OC[C@H]1O[C@@H](n2cnc3sc4c(=O)[nH]c(N)nc4c32)C(F)(F)[C@@H]1OP(=O)(N[C@@H](C)C(=O)OC(C)C)Oc1ccccc1)Oc1ccccc1. The van der Waals surface area contributed by atoms with Gasteiger partial charge in [0.05, 0.1) is 25.1 Å². The minimum atomic E-state index is -5.06. The maximum Gasteiger partial charge on any atom is 0.460 e. The molecule has 60 heavy (non-hydrogen) atoms. The molecule has 4 heterocycles. The second-order valence-electron chi connectivity index (χ2n) is 14.0. The van der Waals surface area contributed by atoms with Gasteiger partial charge in [-0.3, -0.25) is 33.0 Å². The number of carbonyl (C=O) groups is 2. The van der Waals surface area contributed by atoms with E-state index >= 15 is 8.78 Å².